The lowest BCUT2D eigenvalue weighted by Crippen LogP contribution is -2.34. The highest BCUT2D eigenvalue weighted by Crippen LogP contribution is 2.22. The molecule has 0 aliphatic carbocycles. The Morgan fingerprint density at radius 2 is 1.50 bits per heavy atom. The average Bonchev–Trinajstić information content (AvgIpc) is 2.78. The summed E-state index contributed by atoms with van der Waals surface area (Å²) in [6.45, 7) is 0.00412. The van der Waals surface area contributed by atoms with Gasteiger partial charge < -0.3 is 5.32 Å². The van der Waals surface area contributed by atoms with Gasteiger partial charge in [0, 0.05) is 17.8 Å². The van der Waals surface area contributed by atoms with Crippen LogP contribution >= 0.6 is 0 Å². The molecule has 0 bridgehead atoms. The van der Waals surface area contributed by atoms with Gasteiger partial charge in [0.15, 0.2) is 0 Å². The summed E-state index contributed by atoms with van der Waals surface area (Å²) in [5.74, 6) is -0.704. The highest BCUT2D eigenvalue weighted by atomic mass is 16.6. The van der Waals surface area contributed by atoms with E-state index in [1.54, 1.807) is 24.3 Å². The van der Waals surface area contributed by atoms with E-state index in [9.17, 15) is 19.7 Å². The Hall–Kier alpha value is -3.22. The largest absolute Gasteiger partial charge is 0.367 e. The zero-order valence-electron chi connectivity index (χ0n) is 11.4. The Labute approximate surface area is 125 Å². The topological polar surface area (TPSA) is 92.6 Å². The van der Waals surface area contributed by atoms with Gasteiger partial charge in [-0.3, -0.25) is 24.6 Å². The van der Waals surface area contributed by atoms with Crippen molar-refractivity contribution in [3.05, 3.63) is 69.8 Å². The molecule has 7 heteroatoms. The Balaban J connectivity index is 1.71. The van der Waals surface area contributed by atoms with E-state index in [4.69, 9.17) is 0 Å². The molecule has 1 N–H and O–H groups in total. The molecule has 0 aromatic heterocycles. The lowest BCUT2D eigenvalue weighted by Gasteiger charge is -2.15. The van der Waals surface area contributed by atoms with Gasteiger partial charge in [-0.1, -0.05) is 12.1 Å². The number of hydrogen-bond acceptors (Lipinski definition) is 5. The van der Waals surface area contributed by atoms with E-state index in [0.29, 0.717) is 16.8 Å². The van der Waals surface area contributed by atoms with Crippen molar-refractivity contribution in [2.24, 2.45) is 0 Å². The first-order valence-corrected chi connectivity index (χ1v) is 6.51. The summed E-state index contributed by atoms with van der Waals surface area (Å²) >= 11 is 0. The van der Waals surface area contributed by atoms with Gasteiger partial charge >= 0.3 is 0 Å². The minimum Gasteiger partial charge on any atom is -0.367 e. The smallest absolute Gasteiger partial charge is 0.269 e. The molecule has 7 nitrogen and oxygen atoms in total. The van der Waals surface area contributed by atoms with Crippen molar-refractivity contribution in [2.45, 2.75) is 0 Å². The number of nitro groups is 1. The summed E-state index contributed by atoms with van der Waals surface area (Å²) in [5.41, 5.74) is 1.34. The van der Waals surface area contributed by atoms with Crippen LogP contribution in [-0.2, 0) is 0 Å². The summed E-state index contributed by atoms with van der Waals surface area (Å²) in [6, 6.07) is 12.4. The van der Waals surface area contributed by atoms with Gasteiger partial charge in [-0.25, -0.2) is 0 Å². The van der Waals surface area contributed by atoms with Crippen LogP contribution in [0.15, 0.2) is 48.5 Å². The maximum atomic E-state index is 12.1. The van der Waals surface area contributed by atoms with Gasteiger partial charge in [-0.15, -0.1) is 0 Å². The summed E-state index contributed by atoms with van der Waals surface area (Å²) in [4.78, 5) is 35.5. The van der Waals surface area contributed by atoms with E-state index in [2.05, 4.69) is 5.32 Å². The molecule has 0 unspecified atom stereocenters. The Kier molecular flexibility index (Phi) is 3.30. The van der Waals surface area contributed by atoms with Gasteiger partial charge in [-0.05, 0) is 24.3 Å². The third-order valence-electron chi connectivity index (χ3n) is 3.40. The maximum Gasteiger partial charge on any atom is 0.269 e. The second kappa shape index (κ2) is 5.28. The van der Waals surface area contributed by atoms with Crippen molar-refractivity contribution >= 4 is 23.2 Å². The van der Waals surface area contributed by atoms with Crippen molar-refractivity contribution in [3.8, 4) is 0 Å². The standard InChI is InChI=1S/C15H11N3O4/c19-14-12-3-1-2-4-13(12)15(20)17(14)9-16-10-5-7-11(8-6-10)18(21)22/h1-8,16H,9H2. The van der Waals surface area contributed by atoms with Crippen LogP contribution in [0, 0.1) is 10.1 Å². The average molecular weight is 297 g/mol. The molecule has 2 amide bonds. The number of nitrogens with zero attached hydrogens (tertiary/aromatic N) is 2. The molecule has 2 aromatic rings. The van der Waals surface area contributed by atoms with Crippen molar-refractivity contribution < 1.29 is 14.5 Å². The van der Waals surface area contributed by atoms with E-state index < -0.39 is 4.92 Å². The molecule has 110 valence electrons. The van der Waals surface area contributed by atoms with Gasteiger partial charge in [0.2, 0.25) is 0 Å². The van der Waals surface area contributed by atoms with Gasteiger partial charge in [0.25, 0.3) is 17.5 Å². The number of non-ortho nitro benzene ring substituents is 1. The first-order chi connectivity index (χ1) is 10.6. The van der Waals surface area contributed by atoms with Crippen molar-refractivity contribution in [1.29, 1.82) is 0 Å². The second-order valence-corrected chi connectivity index (χ2v) is 4.72. The molecule has 0 radical (unpaired) electrons. The van der Waals surface area contributed by atoms with Crippen molar-refractivity contribution in [1.82, 2.24) is 4.90 Å². The van der Waals surface area contributed by atoms with Crippen LogP contribution in [-0.4, -0.2) is 28.3 Å². The van der Waals surface area contributed by atoms with E-state index in [-0.39, 0.29) is 24.2 Å². The van der Waals surface area contributed by atoms with Crippen LogP contribution < -0.4 is 5.32 Å². The highest BCUT2D eigenvalue weighted by molar-refractivity contribution is 6.21. The molecule has 0 fully saturated rings. The minimum absolute atomic E-state index is 0.00412. The first kappa shape index (κ1) is 13.7. The number of fused-ring (bicyclic) bond motifs is 1. The van der Waals surface area contributed by atoms with Gasteiger partial charge in [0.05, 0.1) is 22.7 Å². The number of imide groups is 1. The van der Waals surface area contributed by atoms with Crippen molar-refractivity contribution in [3.63, 3.8) is 0 Å². The van der Waals surface area contributed by atoms with Crippen LogP contribution in [0.2, 0.25) is 0 Å². The number of nitrogens with one attached hydrogen (secondary N) is 1. The molecular formula is C15H11N3O4. The molecule has 0 spiro atoms. The molecule has 2 aromatic carbocycles. The fraction of sp³-hybridized carbons (Fsp3) is 0.0667. The first-order valence-electron chi connectivity index (χ1n) is 6.51. The van der Waals surface area contributed by atoms with E-state index in [1.165, 1.54) is 24.3 Å². The predicted molar refractivity (Wildman–Crippen MR) is 78.5 cm³/mol. The third-order valence-corrected chi connectivity index (χ3v) is 3.40. The second-order valence-electron chi connectivity index (χ2n) is 4.72. The third kappa shape index (κ3) is 2.28. The Morgan fingerprint density at radius 1 is 0.955 bits per heavy atom. The number of rotatable bonds is 4. The normalized spacial score (nSPS) is 13.2. The SMILES string of the molecule is O=C1c2ccccc2C(=O)N1CNc1ccc([N+](=O)[O-])cc1. The number of anilines is 1. The lowest BCUT2D eigenvalue weighted by atomic mass is 10.1. The number of carbonyl (C=O) groups is 2. The highest BCUT2D eigenvalue weighted by Gasteiger charge is 2.34. The molecule has 3 rings (SSSR count). The number of amides is 2. The summed E-state index contributed by atoms with van der Waals surface area (Å²) in [7, 11) is 0. The van der Waals surface area contributed by atoms with E-state index >= 15 is 0 Å². The molecule has 1 heterocycles. The fourth-order valence-electron chi connectivity index (χ4n) is 2.25. The number of hydrogen-bond donors (Lipinski definition) is 1. The minimum atomic E-state index is -0.492. The molecule has 0 saturated carbocycles. The van der Waals surface area contributed by atoms with Gasteiger partial charge in [0.1, 0.15) is 0 Å². The predicted octanol–water partition coefficient (Wildman–Crippen LogP) is 2.26. The zero-order chi connectivity index (χ0) is 15.7. The fourth-order valence-corrected chi connectivity index (χ4v) is 2.25. The van der Waals surface area contributed by atoms with Crippen LogP contribution in [0.4, 0.5) is 11.4 Å². The number of carbonyl (C=O) groups excluding carboxylic acids is 2. The lowest BCUT2D eigenvalue weighted by molar-refractivity contribution is -0.384. The molecule has 1 aliphatic heterocycles. The van der Waals surface area contributed by atoms with Crippen molar-refractivity contribution in [2.75, 3.05) is 12.0 Å². The molecule has 0 atom stereocenters. The number of benzene rings is 2. The van der Waals surface area contributed by atoms with Crippen LogP contribution in [0.5, 0.6) is 0 Å². The van der Waals surface area contributed by atoms with E-state index in [0.717, 1.165) is 4.90 Å². The Morgan fingerprint density at radius 3 is 2.00 bits per heavy atom. The van der Waals surface area contributed by atoms with Gasteiger partial charge in [-0.2, -0.15) is 0 Å². The molecular weight excluding hydrogens is 286 g/mol. The van der Waals surface area contributed by atoms with Crippen LogP contribution in [0.25, 0.3) is 0 Å². The molecule has 1 aliphatic rings. The summed E-state index contributed by atoms with van der Waals surface area (Å²) < 4.78 is 0. The summed E-state index contributed by atoms with van der Waals surface area (Å²) in [5, 5.41) is 13.5. The zero-order valence-corrected chi connectivity index (χ0v) is 11.4. The Bertz CT molecular complexity index is 736. The van der Waals surface area contributed by atoms with Crippen LogP contribution in [0.1, 0.15) is 20.7 Å². The quantitative estimate of drug-likeness (QED) is 0.531. The van der Waals surface area contributed by atoms with E-state index in [1.807, 2.05) is 0 Å². The molecule has 22 heavy (non-hydrogen) atoms. The van der Waals surface area contributed by atoms with Crippen LogP contribution in [0.3, 0.4) is 0 Å². The number of nitro benzene ring substituents is 1. The molecule has 0 saturated heterocycles. The summed E-state index contributed by atoms with van der Waals surface area (Å²) in [6.07, 6.45) is 0. The monoisotopic (exact) mass is 297 g/mol. The maximum absolute atomic E-state index is 12.1.